The van der Waals surface area contributed by atoms with E-state index >= 15 is 0 Å². The summed E-state index contributed by atoms with van der Waals surface area (Å²) in [6, 6.07) is 13.2. The van der Waals surface area contributed by atoms with E-state index < -0.39 is 5.91 Å². The minimum atomic E-state index is -0.486. The van der Waals surface area contributed by atoms with E-state index in [2.05, 4.69) is 15.2 Å². The summed E-state index contributed by atoms with van der Waals surface area (Å²) in [5, 5.41) is 4.31. The second-order valence-electron chi connectivity index (χ2n) is 7.26. The SMILES string of the molecule is Cc1ccc2cc(CNc3cc(C(N)=O)ccc3N3CCOCC3)c(=O)[nH]c2c1. The van der Waals surface area contributed by atoms with Gasteiger partial charge in [-0.15, -0.1) is 0 Å². The number of nitrogens with zero attached hydrogens (tertiary/aromatic N) is 1. The molecule has 7 nitrogen and oxygen atoms in total. The highest BCUT2D eigenvalue weighted by atomic mass is 16.5. The third-order valence-corrected chi connectivity index (χ3v) is 5.18. The number of rotatable bonds is 5. The quantitative estimate of drug-likeness (QED) is 0.619. The van der Waals surface area contributed by atoms with Crippen LogP contribution in [0.4, 0.5) is 11.4 Å². The normalized spacial score (nSPS) is 14.2. The largest absolute Gasteiger partial charge is 0.379 e. The van der Waals surface area contributed by atoms with Gasteiger partial charge >= 0.3 is 0 Å². The average molecular weight is 392 g/mol. The molecule has 1 aliphatic rings. The summed E-state index contributed by atoms with van der Waals surface area (Å²) in [7, 11) is 0. The maximum Gasteiger partial charge on any atom is 0.253 e. The fourth-order valence-corrected chi connectivity index (χ4v) is 3.59. The van der Waals surface area contributed by atoms with Gasteiger partial charge in [0, 0.05) is 36.3 Å². The van der Waals surface area contributed by atoms with Crippen LogP contribution in [0, 0.1) is 6.92 Å². The third-order valence-electron chi connectivity index (χ3n) is 5.18. The Kier molecular flexibility index (Phi) is 5.22. The lowest BCUT2D eigenvalue weighted by Crippen LogP contribution is -2.36. The van der Waals surface area contributed by atoms with Gasteiger partial charge in [0.15, 0.2) is 0 Å². The van der Waals surface area contributed by atoms with Crippen LogP contribution in [0.5, 0.6) is 0 Å². The van der Waals surface area contributed by atoms with E-state index in [-0.39, 0.29) is 5.56 Å². The third kappa shape index (κ3) is 4.09. The zero-order valence-electron chi connectivity index (χ0n) is 16.3. The number of primary amides is 1. The van der Waals surface area contributed by atoms with Gasteiger partial charge in [-0.2, -0.15) is 0 Å². The molecule has 4 N–H and O–H groups in total. The molecule has 1 aromatic heterocycles. The van der Waals surface area contributed by atoms with Gasteiger partial charge in [-0.3, -0.25) is 9.59 Å². The highest BCUT2D eigenvalue weighted by Gasteiger charge is 2.16. The van der Waals surface area contributed by atoms with Crippen LogP contribution < -0.4 is 21.5 Å². The van der Waals surface area contributed by atoms with E-state index in [0.29, 0.717) is 30.9 Å². The van der Waals surface area contributed by atoms with E-state index in [0.717, 1.165) is 40.9 Å². The number of aryl methyl sites for hydroxylation is 1. The molecule has 29 heavy (non-hydrogen) atoms. The molecule has 1 fully saturated rings. The molecular weight excluding hydrogens is 368 g/mol. The number of hydrogen-bond acceptors (Lipinski definition) is 5. The number of fused-ring (bicyclic) bond motifs is 1. The average Bonchev–Trinajstić information content (AvgIpc) is 2.72. The molecular formula is C22H24N4O3. The Morgan fingerprint density at radius 1 is 1.17 bits per heavy atom. The number of carbonyl (C=O) groups excluding carboxylic acids is 1. The van der Waals surface area contributed by atoms with Crippen LogP contribution in [0.2, 0.25) is 0 Å². The van der Waals surface area contributed by atoms with Gasteiger partial charge in [-0.1, -0.05) is 12.1 Å². The highest BCUT2D eigenvalue weighted by Crippen LogP contribution is 2.28. The minimum absolute atomic E-state index is 0.130. The molecule has 0 saturated carbocycles. The molecule has 0 radical (unpaired) electrons. The number of morpholine rings is 1. The van der Waals surface area contributed by atoms with Crippen molar-refractivity contribution in [2.45, 2.75) is 13.5 Å². The standard InChI is InChI=1S/C22H24N4O3/c1-14-2-3-15-11-17(22(28)25-18(15)10-14)13-24-19-12-16(21(23)27)4-5-20(19)26-6-8-29-9-7-26/h2-5,10-12,24H,6-9,13H2,1H3,(H2,23,27)(H,25,28). The van der Waals surface area contributed by atoms with E-state index in [4.69, 9.17) is 10.5 Å². The fourth-order valence-electron chi connectivity index (χ4n) is 3.59. The molecule has 0 unspecified atom stereocenters. The molecule has 1 saturated heterocycles. The van der Waals surface area contributed by atoms with Crippen molar-refractivity contribution >= 4 is 28.2 Å². The van der Waals surface area contributed by atoms with Crippen molar-refractivity contribution in [3.8, 4) is 0 Å². The Bertz CT molecular complexity index is 1120. The maximum absolute atomic E-state index is 12.5. The summed E-state index contributed by atoms with van der Waals surface area (Å²) >= 11 is 0. The first-order valence-electron chi connectivity index (χ1n) is 9.64. The van der Waals surface area contributed by atoms with E-state index in [1.165, 1.54) is 0 Å². The lowest BCUT2D eigenvalue weighted by molar-refractivity contribution is 0.1000. The second kappa shape index (κ2) is 7.97. The number of H-pyrrole nitrogens is 1. The molecule has 0 spiro atoms. The van der Waals surface area contributed by atoms with Crippen molar-refractivity contribution in [2.75, 3.05) is 36.5 Å². The van der Waals surface area contributed by atoms with Crippen molar-refractivity contribution in [3.63, 3.8) is 0 Å². The first-order valence-corrected chi connectivity index (χ1v) is 9.64. The molecule has 2 heterocycles. The predicted molar refractivity (Wildman–Crippen MR) is 115 cm³/mol. The van der Waals surface area contributed by atoms with Gasteiger partial charge in [0.05, 0.1) is 24.6 Å². The van der Waals surface area contributed by atoms with E-state index in [1.807, 2.05) is 37.3 Å². The second-order valence-corrected chi connectivity index (χ2v) is 7.26. The van der Waals surface area contributed by atoms with Crippen molar-refractivity contribution in [1.29, 1.82) is 0 Å². The molecule has 150 valence electrons. The number of pyridine rings is 1. The van der Waals surface area contributed by atoms with Crippen LogP contribution >= 0.6 is 0 Å². The number of hydrogen-bond donors (Lipinski definition) is 3. The van der Waals surface area contributed by atoms with Crippen LogP contribution in [0.3, 0.4) is 0 Å². The number of nitrogens with one attached hydrogen (secondary N) is 2. The first-order chi connectivity index (χ1) is 14.0. The Morgan fingerprint density at radius 3 is 2.72 bits per heavy atom. The minimum Gasteiger partial charge on any atom is -0.379 e. The molecule has 0 aliphatic carbocycles. The van der Waals surface area contributed by atoms with Gasteiger partial charge in [-0.05, 0) is 48.2 Å². The van der Waals surface area contributed by atoms with Crippen molar-refractivity contribution < 1.29 is 9.53 Å². The van der Waals surface area contributed by atoms with Gasteiger partial charge in [-0.25, -0.2) is 0 Å². The first kappa shape index (κ1) is 19.0. The molecule has 0 atom stereocenters. The molecule has 3 aromatic rings. The maximum atomic E-state index is 12.5. The molecule has 4 rings (SSSR count). The van der Waals surface area contributed by atoms with Crippen LogP contribution in [0.15, 0.2) is 47.3 Å². The summed E-state index contributed by atoms with van der Waals surface area (Å²) in [6.45, 7) is 5.16. The summed E-state index contributed by atoms with van der Waals surface area (Å²) in [4.78, 5) is 29.3. The number of benzene rings is 2. The zero-order chi connectivity index (χ0) is 20.4. The molecule has 2 aromatic carbocycles. The van der Waals surface area contributed by atoms with Crippen LogP contribution in [0.25, 0.3) is 10.9 Å². The molecule has 1 aliphatic heterocycles. The molecule has 7 heteroatoms. The number of ether oxygens (including phenoxy) is 1. The van der Waals surface area contributed by atoms with E-state index in [1.54, 1.807) is 12.1 Å². The lowest BCUT2D eigenvalue weighted by Gasteiger charge is -2.31. The Labute approximate surface area is 168 Å². The Hall–Kier alpha value is -3.32. The smallest absolute Gasteiger partial charge is 0.253 e. The van der Waals surface area contributed by atoms with Crippen molar-refractivity contribution in [3.05, 3.63) is 69.5 Å². The summed E-state index contributed by atoms with van der Waals surface area (Å²) in [5.41, 5.74) is 10.0. The van der Waals surface area contributed by atoms with Crippen LogP contribution in [-0.4, -0.2) is 37.2 Å². The number of carbonyl (C=O) groups is 1. The summed E-state index contributed by atoms with van der Waals surface area (Å²) < 4.78 is 5.44. The van der Waals surface area contributed by atoms with Crippen LogP contribution in [-0.2, 0) is 11.3 Å². The Balaban J connectivity index is 1.64. The number of aromatic nitrogens is 1. The van der Waals surface area contributed by atoms with Gasteiger partial charge in [0.2, 0.25) is 5.91 Å². The number of anilines is 2. The monoisotopic (exact) mass is 392 g/mol. The highest BCUT2D eigenvalue weighted by molar-refractivity contribution is 5.95. The van der Waals surface area contributed by atoms with Crippen molar-refractivity contribution in [1.82, 2.24) is 4.98 Å². The number of aromatic amines is 1. The molecule has 1 amide bonds. The zero-order valence-corrected chi connectivity index (χ0v) is 16.3. The number of nitrogens with two attached hydrogens (primary N) is 1. The Morgan fingerprint density at radius 2 is 1.97 bits per heavy atom. The van der Waals surface area contributed by atoms with Crippen LogP contribution in [0.1, 0.15) is 21.5 Å². The summed E-state index contributed by atoms with van der Waals surface area (Å²) in [5.74, 6) is -0.486. The fraction of sp³-hybridized carbons (Fsp3) is 0.273. The van der Waals surface area contributed by atoms with Gasteiger partial charge in [0.1, 0.15) is 0 Å². The van der Waals surface area contributed by atoms with E-state index in [9.17, 15) is 9.59 Å². The van der Waals surface area contributed by atoms with Gasteiger partial charge < -0.3 is 25.7 Å². The van der Waals surface area contributed by atoms with Gasteiger partial charge in [0.25, 0.3) is 5.56 Å². The summed E-state index contributed by atoms with van der Waals surface area (Å²) in [6.07, 6.45) is 0. The molecule has 0 bridgehead atoms. The topological polar surface area (TPSA) is 100 Å². The predicted octanol–water partition coefficient (Wildman–Crippen LogP) is 2.38. The number of amides is 1. The lowest BCUT2D eigenvalue weighted by atomic mass is 10.1. The van der Waals surface area contributed by atoms with Crippen molar-refractivity contribution in [2.24, 2.45) is 5.73 Å².